The average Bonchev–Trinajstić information content (AvgIpc) is 2.55. The summed E-state index contributed by atoms with van der Waals surface area (Å²) in [5.74, 6) is 1.17. The first-order chi connectivity index (χ1) is 7.99. The number of alkyl halides is 1. The predicted molar refractivity (Wildman–Crippen MR) is 76.6 cm³/mol. The highest BCUT2D eigenvalue weighted by atomic mass is 35.5. The molecule has 0 bridgehead atoms. The van der Waals surface area contributed by atoms with Gasteiger partial charge in [-0.15, -0.1) is 11.6 Å². The van der Waals surface area contributed by atoms with Gasteiger partial charge >= 0.3 is 0 Å². The molecule has 1 atom stereocenters. The molecule has 0 radical (unpaired) electrons. The highest BCUT2D eigenvalue weighted by molar-refractivity contribution is 7.98. The van der Waals surface area contributed by atoms with Gasteiger partial charge < -0.3 is 4.57 Å². The molecule has 0 N–H and O–H groups in total. The Morgan fingerprint density at radius 2 is 2.18 bits per heavy atom. The van der Waals surface area contributed by atoms with Crippen molar-refractivity contribution >= 4 is 29.1 Å². The summed E-state index contributed by atoms with van der Waals surface area (Å²) in [7, 11) is 0. The molecule has 4 heteroatoms. The zero-order valence-electron chi connectivity index (χ0n) is 10.9. The lowest BCUT2D eigenvalue weighted by atomic mass is 10.1. The Morgan fingerprint density at radius 3 is 2.71 bits per heavy atom. The molecule has 96 valence electrons. The number of thioether (sulfide) groups is 1. The molecular weight excluding hydrogens is 254 g/mol. The van der Waals surface area contributed by atoms with E-state index in [1.165, 1.54) is 0 Å². The van der Waals surface area contributed by atoms with Gasteiger partial charge in [0.1, 0.15) is 0 Å². The van der Waals surface area contributed by atoms with Gasteiger partial charge in [-0.2, -0.15) is 11.8 Å². The largest absolute Gasteiger partial charge is 0.348 e. The van der Waals surface area contributed by atoms with Gasteiger partial charge in [-0.1, -0.05) is 0 Å². The Morgan fingerprint density at radius 1 is 1.53 bits per heavy atom. The van der Waals surface area contributed by atoms with Gasteiger partial charge in [0.25, 0.3) is 0 Å². The number of rotatable bonds is 6. The van der Waals surface area contributed by atoms with Crippen molar-refractivity contribution in [3.8, 4) is 0 Å². The molecule has 0 aliphatic carbocycles. The molecule has 1 aromatic rings. The summed E-state index contributed by atoms with van der Waals surface area (Å²) >= 11 is 7.71. The molecule has 0 spiro atoms. The van der Waals surface area contributed by atoms with Gasteiger partial charge in [0, 0.05) is 23.5 Å². The number of halogens is 1. The van der Waals surface area contributed by atoms with Crippen LogP contribution in [0.15, 0.2) is 6.07 Å². The lowest BCUT2D eigenvalue weighted by Gasteiger charge is -2.09. The fourth-order valence-corrected chi connectivity index (χ4v) is 2.51. The van der Waals surface area contributed by atoms with Gasteiger partial charge in [-0.25, -0.2) is 0 Å². The summed E-state index contributed by atoms with van der Waals surface area (Å²) in [6.45, 7) is 6.74. The predicted octanol–water partition coefficient (Wildman–Crippen LogP) is 3.67. The van der Waals surface area contributed by atoms with Crippen LogP contribution >= 0.6 is 23.4 Å². The zero-order chi connectivity index (χ0) is 13.0. The molecule has 2 nitrogen and oxygen atoms in total. The van der Waals surface area contributed by atoms with Crippen LogP contribution in [0.3, 0.4) is 0 Å². The van der Waals surface area contributed by atoms with E-state index in [9.17, 15) is 4.79 Å². The lowest BCUT2D eigenvalue weighted by molar-refractivity contribution is 0.0991. The number of hydrogen-bond donors (Lipinski definition) is 0. The first-order valence-corrected chi connectivity index (χ1v) is 7.66. The second kappa shape index (κ2) is 6.50. The molecule has 1 aromatic heterocycles. The topological polar surface area (TPSA) is 22.0 Å². The van der Waals surface area contributed by atoms with Crippen molar-refractivity contribution in [1.29, 1.82) is 0 Å². The number of nitrogens with zero attached hydrogens (tertiary/aromatic N) is 1. The summed E-state index contributed by atoms with van der Waals surface area (Å²) in [5, 5.41) is -0.449. The maximum absolute atomic E-state index is 11.9. The summed E-state index contributed by atoms with van der Waals surface area (Å²) in [6.07, 6.45) is 3.24. The van der Waals surface area contributed by atoms with Crippen molar-refractivity contribution in [2.75, 3.05) is 12.0 Å². The van der Waals surface area contributed by atoms with Crippen molar-refractivity contribution in [3.05, 3.63) is 23.0 Å². The number of aryl methyl sites for hydroxylation is 1. The molecule has 0 amide bonds. The number of ketones is 1. The molecular formula is C13H20ClNOS. The van der Waals surface area contributed by atoms with Gasteiger partial charge in [-0.05, 0) is 45.3 Å². The molecule has 1 unspecified atom stereocenters. The van der Waals surface area contributed by atoms with E-state index >= 15 is 0 Å². The monoisotopic (exact) mass is 273 g/mol. The fraction of sp³-hybridized carbons (Fsp3) is 0.615. The van der Waals surface area contributed by atoms with Gasteiger partial charge in [-0.3, -0.25) is 4.79 Å². The molecule has 1 heterocycles. The SMILES string of the molecule is CSCCCn1c(C)cc(C(=O)C(C)Cl)c1C. The quantitative estimate of drug-likeness (QED) is 0.448. The number of carbonyl (C=O) groups is 1. The van der Waals surface area contributed by atoms with Crippen LogP contribution in [0.25, 0.3) is 0 Å². The highest BCUT2D eigenvalue weighted by Gasteiger charge is 2.18. The van der Waals surface area contributed by atoms with E-state index in [0.717, 1.165) is 35.7 Å². The highest BCUT2D eigenvalue weighted by Crippen LogP contribution is 2.19. The normalized spacial score (nSPS) is 12.8. The van der Waals surface area contributed by atoms with Gasteiger partial charge in [0.2, 0.25) is 0 Å². The van der Waals surface area contributed by atoms with Crippen LogP contribution in [0.2, 0.25) is 0 Å². The Kier molecular flexibility index (Phi) is 5.60. The van der Waals surface area contributed by atoms with Crippen LogP contribution in [0, 0.1) is 13.8 Å². The Labute approximate surface area is 113 Å². The molecule has 0 aromatic carbocycles. The van der Waals surface area contributed by atoms with Crippen molar-refractivity contribution in [2.45, 2.75) is 39.1 Å². The van der Waals surface area contributed by atoms with Crippen molar-refractivity contribution in [3.63, 3.8) is 0 Å². The van der Waals surface area contributed by atoms with Crippen molar-refractivity contribution in [1.82, 2.24) is 4.57 Å². The summed E-state index contributed by atoms with van der Waals surface area (Å²) < 4.78 is 2.21. The van der Waals surface area contributed by atoms with Crippen LogP contribution in [-0.2, 0) is 6.54 Å². The van der Waals surface area contributed by atoms with E-state index in [-0.39, 0.29) is 5.78 Å². The number of Topliss-reactive ketones (excluding diaryl/α,β-unsaturated/α-hetero) is 1. The Hall–Kier alpha value is -0.410. The third kappa shape index (κ3) is 3.52. The molecule has 0 fully saturated rings. The Balaban J connectivity index is 2.90. The van der Waals surface area contributed by atoms with Crippen LogP contribution in [0.4, 0.5) is 0 Å². The molecule has 1 rings (SSSR count). The summed E-state index contributed by atoms with van der Waals surface area (Å²) in [6, 6.07) is 1.95. The number of aromatic nitrogens is 1. The minimum atomic E-state index is -0.449. The van der Waals surface area contributed by atoms with E-state index in [1.807, 2.05) is 31.7 Å². The number of hydrogen-bond acceptors (Lipinski definition) is 2. The van der Waals surface area contributed by atoms with Gasteiger partial charge in [0.15, 0.2) is 5.78 Å². The minimum Gasteiger partial charge on any atom is -0.348 e. The fourth-order valence-electron chi connectivity index (χ4n) is 1.98. The lowest BCUT2D eigenvalue weighted by Crippen LogP contribution is -2.12. The first-order valence-electron chi connectivity index (χ1n) is 5.83. The van der Waals surface area contributed by atoms with Crippen molar-refractivity contribution < 1.29 is 4.79 Å². The van der Waals surface area contributed by atoms with E-state index in [1.54, 1.807) is 6.92 Å². The maximum Gasteiger partial charge on any atom is 0.182 e. The standard InChI is InChI=1S/C13H20ClNOS/c1-9-8-12(13(16)10(2)14)11(3)15(9)6-5-7-17-4/h8,10H,5-7H2,1-4H3. The van der Waals surface area contributed by atoms with E-state index in [2.05, 4.69) is 10.8 Å². The second-order valence-corrected chi connectivity index (χ2v) is 5.90. The first kappa shape index (κ1) is 14.7. The van der Waals surface area contributed by atoms with Crippen LogP contribution < -0.4 is 0 Å². The third-order valence-corrected chi connectivity index (χ3v) is 3.83. The molecule has 0 aliphatic rings. The van der Waals surface area contributed by atoms with E-state index in [4.69, 9.17) is 11.6 Å². The van der Waals surface area contributed by atoms with Crippen LogP contribution in [0.1, 0.15) is 35.1 Å². The number of carbonyl (C=O) groups excluding carboxylic acids is 1. The summed E-state index contributed by atoms with van der Waals surface area (Å²) in [5.41, 5.74) is 2.96. The molecule has 0 saturated carbocycles. The van der Waals surface area contributed by atoms with Crippen LogP contribution in [-0.4, -0.2) is 27.7 Å². The molecule has 0 aliphatic heterocycles. The molecule has 0 saturated heterocycles. The van der Waals surface area contributed by atoms with E-state index < -0.39 is 5.38 Å². The second-order valence-electron chi connectivity index (χ2n) is 4.26. The Bertz CT molecular complexity index is 398. The zero-order valence-corrected chi connectivity index (χ0v) is 12.5. The van der Waals surface area contributed by atoms with Gasteiger partial charge in [0.05, 0.1) is 5.38 Å². The minimum absolute atomic E-state index is 0.0240. The smallest absolute Gasteiger partial charge is 0.182 e. The van der Waals surface area contributed by atoms with Crippen LogP contribution in [0.5, 0.6) is 0 Å². The average molecular weight is 274 g/mol. The third-order valence-electron chi connectivity index (χ3n) is 2.93. The van der Waals surface area contributed by atoms with Crippen molar-refractivity contribution in [2.24, 2.45) is 0 Å². The maximum atomic E-state index is 11.9. The molecule has 17 heavy (non-hydrogen) atoms. The van der Waals surface area contributed by atoms with E-state index in [0.29, 0.717) is 0 Å². The summed E-state index contributed by atoms with van der Waals surface area (Å²) in [4.78, 5) is 11.9.